The molecule has 2 saturated carbocycles. The second-order valence-corrected chi connectivity index (χ2v) is 8.52. The minimum atomic E-state index is -1.13. The predicted molar refractivity (Wildman–Crippen MR) is 100 cm³/mol. The first-order chi connectivity index (χ1) is 14.0. The van der Waals surface area contributed by atoms with Crippen LogP contribution in [-0.2, 0) is 25.7 Å². The Bertz CT molecular complexity index is 883. The molecule has 29 heavy (non-hydrogen) atoms. The standard InChI is InChI=1S/C22H23NO6/c24-16-9-17(25)22(19-14-7-6-13(8-14)18(16)19)10-15(20(26)29-22)23-21(27)28-11-12-4-2-1-3-5-12/h1-7,13-15,17-19,25H,8-11H2,(H,23,27)/t13-,14+,15+,17+,18+,19+,22-/m1/s1. The fourth-order valence-electron chi connectivity index (χ4n) is 5.78. The molecular weight excluding hydrogens is 374 g/mol. The topological polar surface area (TPSA) is 102 Å². The number of allylic oxidation sites excluding steroid dienone is 2. The summed E-state index contributed by atoms with van der Waals surface area (Å²) in [4.78, 5) is 37.3. The number of fused-ring (bicyclic) bond motifs is 6. The van der Waals surface area contributed by atoms with Gasteiger partial charge in [-0.05, 0) is 23.8 Å². The van der Waals surface area contributed by atoms with Crippen molar-refractivity contribution < 1.29 is 29.0 Å². The maximum Gasteiger partial charge on any atom is 0.408 e. The van der Waals surface area contributed by atoms with Crippen molar-refractivity contribution in [2.45, 2.75) is 43.6 Å². The number of ketones is 1. The molecule has 1 saturated heterocycles. The summed E-state index contributed by atoms with van der Waals surface area (Å²) in [5.74, 6) is -0.723. The lowest BCUT2D eigenvalue weighted by Gasteiger charge is -2.47. The van der Waals surface area contributed by atoms with Crippen LogP contribution < -0.4 is 5.32 Å². The maximum absolute atomic E-state index is 12.6. The van der Waals surface area contributed by atoms with Crippen molar-refractivity contribution >= 4 is 17.8 Å². The molecule has 1 aliphatic heterocycles. The lowest BCUT2D eigenvalue weighted by Crippen LogP contribution is -2.59. The van der Waals surface area contributed by atoms with Gasteiger partial charge in [-0.25, -0.2) is 9.59 Å². The molecule has 5 rings (SSSR count). The number of hydrogen-bond donors (Lipinski definition) is 2. The first-order valence-electron chi connectivity index (χ1n) is 10.1. The third-order valence-electron chi connectivity index (χ3n) is 6.96. The molecule has 3 fully saturated rings. The first-order valence-corrected chi connectivity index (χ1v) is 10.1. The van der Waals surface area contributed by atoms with E-state index < -0.39 is 29.8 Å². The van der Waals surface area contributed by atoms with Crippen molar-refractivity contribution in [2.75, 3.05) is 0 Å². The van der Waals surface area contributed by atoms with Crippen molar-refractivity contribution in [1.29, 1.82) is 0 Å². The molecule has 0 unspecified atom stereocenters. The summed E-state index contributed by atoms with van der Waals surface area (Å²) in [6.45, 7) is 0.0932. The number of hydrogen-bond acceptors (Lipinski definition) is 6. The Balaban J connectivity index is 1.30. The number of amides is 1. The third kappa shape index (κ3) is 2.87. The van der Waals surface area contributed by atoms with E-state index in [1.165, 1.54) is 0 Å². The Hall–Kier alpha value is -2.67. The number of aliphatic hydroxyl groups excluding tert-OH is 1. The van der Waals surface area contributed by atoms with Gasteiger partial charge in [0.1, 0.15) is 30.1 Å². The maximum atomic E-state index is 12.6. The van der Waals surface area contributed by atoms with Crippen LogP contribution in [0.2, 0.25) is 0 Å². The van der Waals surface area contributed by atoms with Gasteiger partial charge in [0.2, 0.25) is 0 Å². The summed E-state index contributed by atoms with van der Waals surface area (Å²) in [6.07, 6.45) is 3.36. The van der Waals surface area contributed by atoms with Crippen molar-refractivity contribution in [1.82, 2.24) is 5.32 Å². The lowest BCUT2D eigenvalue weighted by atomic mass is 9.61. The van der Waals surface area contributed by atoms with Gasteiger partial charge in [0.15, 0.2) is 0 Å². The highest BCUT2D eigenvalue weighted by atomic mass is 16.6. The van der Waals surface area contributed by atoms with Gasteiger partial charge in [-0.1, -0.05) is 42.5 Å². The van der Waals surface area contributed by atoms with E-state index in [9.17, 15) is 19.5 Å². The molecule has 1 spiro atoms. The molecular formula is C22H23NO6. The Morgan fingerprint density at radius 2 is 1.97 bits per heavy atom. The van der Waals surface area contributed by atoms with E-state index in [4.69, 9.17) is 9.47 Å². The highest BCUT2D eigenvalue weighted by Gasteiger charge is 2.67. The number of Topliss-reactive ketones (excluding diaryl/α,β-unsaturated/α-hetero) is 1. The van der Waals surface area contributed by atoms with Gasteiger partial charge in [-0.15, -0.1) is 0 Å². The summed E-state index contributed by atoms with van der Waals surface area (Å²) >= 11 is 0. The second kappa shape index (κ2) is 6.69. The number of rotatable bonds is 3. The Labute approximate surface area is 168 Å². The number of carbonyl (C=O) groups is 3. The Morgan fingerprint density at radius 3 is 2.76 bits per heavy atom. The van der Waals surface area contributed by atoms with Gasteiger partial charge >= 0.3 is 12.1 Å². The van der Waals surface area contributed by atoms with E-state index in [1.54, 1.807) is 0 Å². The van der Waals surface area contributed by atoms with Crippen LogP contribution in [0.4, 0.5) is 4.79 Å². The van der Waals surface area contributed by atoms with Gasteiger partial charge in [-0.2, -0.15) is 0 Å². The zero-order chi connectivity index (χ0) is 20.2. The van der Waals surface area contributed by atoms with E-state index in [-0.39, 0.29) is 48.9 Å². The minimum Gasteiger partial charge on any atom is -0.454 e. The molecule has 7 atom stereocenters. The molecule has 1 amide bonds. The molecule has 3 aliphatic carbocycles. The molecule has 1 aromatic rings. The number of esters is 1. The Kier molecular flexibility index (Phi) is 4.24. The molecule has 152 valence electrons. The van der Waals surface area contributed by atoms with E-state index in [0.29, 0.717) is 0 Å². The fraction of sp³-hybridized carbons (Fsp3) is 0.500. The monoisotopic (exact) mass is 397 g/mol. The smallest absolute Gasteiger partial charge is 0.408 e. The molecule has 7 heteroatoms. The molecule has 0 aromatic heterocycles. The average Bonchev–Trinajstić information content (AvgIpc) is 3.40. The SMILES string of the molecule is O=C(N[C@H]1C[C@]2(OC1=O)[C@@H]1[C@H](C(=O)C[C@@H]2O)[C@@H]2C=C[C@H]1C2)OCc1ccccc1. The number of ether oxygens (including phenoxy) is 2. The number of aliphatic hydroxyl groups is 1. The summed E-state index contributed by atoms with van der Waals surface area (Å²) in [5.41, 5.74) is -0.289. The summed E-state index contributed by atoms with van der Waals surface area (Å²) in [6, 6.07) is 8.34. The number of carbonyl (C=O) groups excluding carboxylic acids is 3. The van der Waals surface area contributed by atoms with Crippen LogP contribution in [0.3, 0.4) is 0 Å². The van der Waals surface area contributed by atoms with Gasteiger partial charge in [0.05, 0.1) is 0 Å². The quantitative estimate of drug-likeness (QED) is 0.595. The third-order valence-corrected chi connectivity index (χ3v) is 6.96. The first kappa shape index (κ1) is 18.4. The molecule has 1 heterocycles. The molecule has 1 aromatic carbocycles. The van der Waals surface area contributed by atoms with Crippen LogP contribution >= 0.6 is 0 Å². The predicted octanol–water partition coefficient (Wildman–Crippen LogP) is 1.74. The van der Waals surface area contributed by atoms with Gasteiger partial charge < -0.3 is 19.9 Å². The summed E-state index contributed by atoms with van der Waals surface area (Å²) in [5, 5.41) is 13.3. The van der Waals surface area contributed by atoms with Crippen molar-refractivity contribution in [3.8, 4) is 0 Å². The van der Waals surface area contributed by atoms with Crippen LogP contribution in [0, 0.1) is 23.7 Å². The van der Waals surface area contributed by atoms with E-state index >= 15 is 0 Å². The van der Waals surface area contributed by atoms with Crippen molar-refractivity contribution in [2.24, 2.45) is 23.7 Å². The molecule has 2 N–H and O–H groups in total. The average molecular weight is 397 g/mol. The highest BCUT2D eigenvalue weighted by Crippen LogP contribution is 2.59. The fourth-order valence-corrected chi connectivity index (χ4v) is 5.78. The van der Waals surface area contributed by atoms with Gasteiger partial charge in [-0.3, -0.25) is 4.79 Å². The van der Waals surface area contributed by atoms with E-state index in [0.717, 1.165) is 12.0 Å². The second-order valence-electron chi connectivity index (χ2n) is 8.52. The van der Waals surface area contributed by atoms with E-state index in [1.807, 2.05) is 30.3 Å². The number of benzene rings is 1. The largest absolute Gasteiger partial charge is 0.454 e. The number of nitrogens with one attached hydrogen (secondary N) is 1. The highest BCUT2D eigenvalue weighted by molar-refractivity contribution is 5.87. The van der Waals surface area contributed by atoms with Crippen LogP contribution in [0.5, 0.6) is 0 Å². The van der Waals surface area contributed by atoms with Gasteiger partial charge in [0, 0.05) is 24.7 Å². The zero-order valence-electron chi connectivity index (χ0n) is 15.8. The number of alkyl carbamates (subject to hydrolysis) is 1. The molecule has 2 bridgehead atoms. The summed E-state index contributed by atoms with van der Waals surface area (Å²) in [7, 11) is 0. The van der Waals surface area contributed by atoms with Crippen LogP contribution in [-0.4, -0.2) is 40.7 Å². The Morgan fingerprint density at radius 1 is 1.21 bits per heavy atom. The van der Waals surface area contributed by atoms with Crippen molar-refractivity contribution in [3.05, 3.63) is 48.0 Å². The van der Waals surface area contributed by atoms with Crippen molar-refractivity contribution in [3.63, 3.8) is 0 Å². The normalized spacial score (nSPS) is 39.5. The van der Waals surface area contributed by atoms with Crippen LogP contribution in [0.15, 0.2) is 42.5 Å². The molecule has 7 nitrogen and oxygen atoms in total. The molecule has 0 radical (unpaired) electrons. The summed E-state index contributed by atoms with van der Waals surface area (Å²) < 4.78 is 11.0. The van der Waals surface area contributed by atoms with Crippen LogP contribution in [0.25, 0.3) is 0 Å². The van der Waals surface area contributed by atoms with Crippen LogP contribution in [0.1, 0.15) is 24.8 Å². The zero-order valence-corrected chi connectivity index (χ0v) is 15.8. The lowest BCUT2D eigenvalue weighted by molar-refractivity contribution is -0.187. The van der Waals surface area contributed by atoms with E-state index in [2.05, 4.69) is 17.5 Å². The van der Waals surface area contributed by atoms with Gasteiger partial charge in [0.25, 0.3) is 0 Å². The minimum absolute atomic E-state index is 0.0172. The molecule has 4 aliphatic rings.